The first-order valence-electron chi connectivity index (χ1n) is 4.94. The van der Waals surface area contributed by atoms with Crippen LogP contribution >= 0.6 is 0 Å². The summed E-state index contributed by atoms with van der Waals surface area (Å²) in [7, 11) is 0. The van der Waals surface area contributed by atoms with Crippen LogP contribution in [0.3, 0.4) is 0 Å². The van der Waals surface area contributed by atoms with Gasteiger partial charge in [-0.15, -0.1) is 0 Å². The smallest absolute Gasteiger partial charge is 0.233 e. The van der Waals surface area contributed by atoms with Gasteiger partial charge in [-0.3, -0.25) is 4.57 Å². The van der Waals surface area contributed by atoms with Crippen LogP contribution in [0.5, 0.6) is 0 Å². The Morgan fingerprint density at radius 1 is 1.60 bits per heavy atom. The highest BCUT2D eigenvalue weighted by Gasteiger charge is 2.19. The average molecular weight is 203 g/mol. The van der Waals surface area contributed by atoms with E-state index in [9.17, 15) is 0 Å². The standard InChI is InChI=1S/C11H13N3O/c1-8(2)15-11-10(6-12)13-7-9-4-3-5-14(9)11/h3-5,8,13H,7H2,1-2H3. The van der Waals surface area contributed by atoms with Crippen molar-refractivity contribution in [3.8, 4) is 6.07 Å². The molecule has 0 unspecified atom stereocenters. The Hall–Kier alpha value is -1.89. The van der Waals surface area contributed by atoms with Crippen LogP contribution in [-0.2, 0) is 11.3 Å². The second-order valence-corrected chi connectivity index (χ2v) is 3.68. The first kappa shape index (κ1) is 9.66. The van der Waals surface area contributed by atoms with Crippen molar-refractivity contribution in [2.45, 2.75) is 26.5 Å². The minimum atomic E-state index is 0.0542. The Morgan fingerprint density at radius 3 is 3.07 bits per heavy atom. The van der Waals surface area contributed by atoms with Gasteiger partial charge in [0.2, 0.25) is 5.88 Å². The lowest BCUT2D eigenvalue weighted by molar-refractivity contribution is 0.183. The Bertz CT molecular complexity index is 437. The van der Waals surface area contributed by atoms with E-state index in [0.29, 0.717) is 18.1 Å². The van der Waals surface area contributed by atoms with Crippen molar-refractivity contribution < 1.29 is 4.74 Å². The number of rotatable bonds is 2. The van der Waals surface area contributed by atoms with Gasteiger partial charge >= 0.3 is 0 Å². The molecule has 0 saturated carbocycles. The van der Waals surface area contributed by atoms with Gasteiger partial charge in [0.25, 0.3) is 0 Å². The van der Waals surface area contributed by atoms with E-state index in [0.717, 1.165) is 5.69 Å². The van der Waals surface area contributed by atoms with E-state index < -0.39 is 0 Å². The molecule has 1 aliphatic heterocycles. The molecule has 0 spiro atoms. The Balaban J connectivity index is 2.44. The summed E-state index contributed by atoms with van der Waals surface area (Å²) in [6.45, 7) is 4.56. The molecule has 2 heterocycles. The van der Waals surface area contributed by atoms with Crippen LogP contribution in [0.2, 0.25) is 0 Å². The number of nitrogens with one attached hydrogen (secondary N) is 1. The van der Waals surface area contributed by atoms with Crippen molar-refractivity contribution in [3.05, 3.63) is 29.7 Å². The first-order chi connectivity index (χ1) is 7.22. The summed E-state index contributed by atoms with van der Waals surface area (Å²) in [6, 6.07) is 6.06. The van der Waals surface area contributed by atoms with Crippen LogP contribution in [0.25, 0.3) is 5.88 Å². The second-order valence-electron chi connectivity index (χ2n) is 3.68. The number of nitriles is 1. The Morgan fingerprint density at radius 2 is 2.40 bits per heavy atom. The van der Waals surface area contributed by atoms with Crippen molar-refractivity contribution >= 4 is 5.88 Å². The summed E-state index contributed by atoms with van der Waals surface area (Å²) in [4.78, 5) is 0. The summed E-state index contributed by atoms with van der Waals surface area (Å²) in [5.74, 6) is 0.596. The highest BCUT2D eigenvalue weighted by atomic mass is 16.5. The zero-order chi connectivity index (χ0) is 10.8. The van der Waals surface area contributed by atoms with Crippen LogP contribution in [0, 0.1) is 11.3 Å². The molecule has 0 atom stereocenters. The molecule has 78 valence electrons. The van der Waals surface area contributed by atoms with E-state index in [-0.39, 0.29) is 6.10 Å². The van der Waals surface area contributed by atoms with E-state index in [1.165, 1.54) is 0 Å². The molecule has 0 fully saturated rings. The minimum Gasteiger partial charge on any atom is -0.474 e. The van der Waals surface area contributed by atoms with Gasteiger partial charge in [0.1, 0.15) is 6.07 Å². The maximum atomic E-state index is 8.97. The van der Waals surface area contributed by atoms with Crippen molar-refractivity contribution in [2.24, 2.45) is 0 Å². The SMILES string of the molecule is CC(C)OC1=C(C#N)NCc2cccn21. The van der Waals surface area contributed by atoms with Crippen LogP contribution in [0.4, 0.5) is 0 Å². The molecule has 4 heteroatoms. The van der Waals surface area contributed by atoms with Crippen molar-refractivity contribution in [3.63, 3.8) is 0 Å². The predicted octanol–water partition coefficient (Wildman–Crippen LogP) is 1.67. The number of hydrogen-bond donors (Lipinski definition) is 1. The molecule has 1 aliphatic rings. The third-order valence-corrected chi connectivity index (χ3v) is 2.17. The van der Waals surface area contributed by atoms with Crippen molar-refractivity contribution in [1.29, 1.82) is 5.26 Å². The van der Waals surface area contributed by atoms with Gasteiger partial charge in [-0.2, -0.15) is 5.26 Å². The summed E-state index contributed by atoms with van der Waals surface area (Å²) < 4.78 is 7.55. The number of aromatic nitrogens is 1. The minimum absolute atomic E-state index is 0.0542. The molecule has 15 heavy (non-hydrogen) atoms. The molecule has 0 bridgehead atoms. The molecule has 4 nitrogen and oxygen atoms in total. The maximum absolute atomic E-state index is 8.97. The van der Waals surface area contributed by atoms with E-state index >= 15 is 0 Å². The normalized spacial score (nSPS) is 14.5. The molecule has 0 radical (unpaired) electrons. The third kappa shape index (κ3) is 1.68. The first-order valence-corrected chi connectivity index (χ1v) is 4.94. The second kappa shape index (κ2) is 3.70. The lowest BCUT2D eigenvalue weighted by atomic mass is 10.3. The van der Waals surface area contributed by atoms with Gasteiger partial charge in [-0.1, -0.05) is 0 Å². The number of nitrogens with zero attached hydrogens (tertiary/aromatic N) is 2. The van der Waals surface area contributed by atoms with Gasteiger partial charge in [0.05, 0.1) is 12.6 Å². The van der Waals surface area contributed by atoms with Crippen LogP contribution < -0.4 is 5.32 Å². The van der Waals surface area contributed by atoms with E-state index in [2.05, 4.69) is 11.4 Å². The van der Waals surface area contributed by atoms with Crippen LogP contribution in [0.1, 0.15) is 19.5 Å². The fraction of sp³-hybridized carbons (Fsp3) is 0.364. The highest BCUT2D eigenvalue weighted by Crippen LogP contribution is 2.21. The molecule has 0 saturated heterocycles. The van der Waals surface area contributed by atoms with Gasteiger partial charge in [-0.25, -0.2) is 0 Å². The molecule has 1 aromatic rings. The number of ether oxygens (including phenoxy) is 1. The third-order valence-electron chi connectivity index (χ3n) is 2.17. The van der Waals surface area contributed by atoms with Gasteiger partial charge in [0, 0.05) is 11.9 Å². The largest absolute Gasteiger partial charge is 0.474 e. The summed E-state index contributed by atoms with van der Waals surface area (Å²) in [5.41, 5.74) is 1.59. The maximum Gasteiger partial charge on any atom is 0.233 e. The predicted molar refractivity (Wildman–Crippen MR) is 56.3 cm³/mol. The van der Waals surface area contributed by atoms with E-state index in [4.69, 9.17) is 10.00 Å². The van der Waals surface area contributed by atoms with E-state index in [1.54, 1.807) is 0 Å². The molecule has 0 amide bonds. The number of fused-ring (bicyclic) bond motifs is 1. The fourth-order valence-electron chi connectivity index (χ4n) is 1.56. The average Bonchev–Trinajstić information content (AvgIpc) is 2.65. The van der Waals surface area contributed by atoms with Gasteiger partial charge < -0.3 is 10.1 Å². The molecule has 0 aromatic carbocycles. The van der Waals surface area contributed by atoms with Gasteiger partial charge in [-0.05, 0) is 26.0 Å². The van der Waals surface area contributed by atoms with Crippen molar-refractivity contribution in [2.75, 3.05) is 0 Å². The molecule has 0 aliphatic carbocycles. The molecular formula is C11H13N3O. The summed E-state index contributed by atoms with van der Waals surface area (Å²) in [6.07, 6.45) is 1.96. The lowest BCUT2D eigenvalue weighted by Gasteiger charge is -2.23. The molecule has 1 aromatic heterocycles. The quantitative estimate of drug-likeness (QED) is 0.795. The Kier molecular flexibility index (Phi) is 2.38. The van der Waals surface area contributed by atoms with Crippen LogP contribution in [0.15, 0.2) is 24.0 Å². The number of allylic oxidation sites excluding steroid dienone is 1. The highest BCUT2D eigenvalue weighted by molar-refractivity contribution is 5.53. The zero-order valence-electron chi connectivity index (χ0n) is 8.82. The Labute approximate surface area is 88.8 Å². The molecular weight excluding hydrogens is 190 g/mol. The van der Waals surface area contributed by atoms with Crippen molar-refractivity contribution in [1.82, 2.24) is 9.88 Å². The molecule has 2 rings (SSSR count). The monoisotopic (exact) mass is 203 g/mol. The topological polar surface area (TPSA) is 50.0 Å². The van der Waals surface area contributed by atoms with E-state index in [1.807, 2.05) is 36.7 Å². The number of hydrogen-bond acceptors (Lipinski definition) is 3. The van der Waals surface area contributed by atoms with Crippen LogP contribution in [-0.4, -0.2) is 10.7 Å². The summed E-state index contributed by atoms with van der Waals surface area (Å²) in [5, 5.41) is 12.0. The fourth-order valence-corrected chi connectivity index (χ4v) is 1.56. The van der Waals surface area contributed by atoms with Gasteiger partial charge in [0.15, 0.2) is 5.70 Å². The summed E-state index contributed by atoms with van der Waals surface area (Å²) >= 11 is 0. The zero-order valence-corrected chi connectivity index (χ0v) is 8.82. The molecule has 1 N–H and O–H groups in total. The lowest BCUT2D eigenvalue weighted by Crippen LogP contribution is -2.25.